The van der Waals surface area contributed by atoms with Crippen molar-refractivity contribution in [2.75, 3.05) is 13.1 Å². The number of aryl methyl sites for hydroxylation is 1. The van der Waals surface area contributed by atoms with Crippen LogP contribution in [0.25, 0.3) is 11.6 Å². The first-order valence-corrected chi connectivity index (χ1v) is 7.98. The molecule has 134 valence electrons. The topological polar surface area (TPSA) is 89.9 Å². The minimum absolute atomic E-state index is 0.124. The van der Waals surface area contributed by atoms with Crippen molar-refractivity contribution in [1.29, 1.82) is 0 Å². The molecule has 0 radical (unpaired) electrons. The average Bonchev–Trinajstić information content (AvgIpc) is 3.35. The molecule has 1 aliphatic rings. The summed E-state index contributed by atoms with van der Waals surface area (Å²) in [7, 11) is 0. The van der Waals surface area contributed by atoms with Crippen molar-refractivity contribution in [3.63, 3.8) is 0 Å². The molecule has 1 atom stereocenters. The summed E-state index contributed by atoms with van der Waals surface area (Å²) in [5.74, 6) is -1.18. The summed E-state index contributed by atoms with van der Waals surface area (Å²) >= 11 is 0. The number of likely N-dealkylation sites (tertiary alicyclic amines) is 1. The maximum absolute atomic E-state index is 13.8. The van der Waals surface area contributed by atoms with Crippen LogP contribution in [0.5, 0.6) is 0 Å². The smallest absolute Gasteiger partial charge is 0.280 e. The third-order valence-electron chi connectivity index (χ3n) is 4.24. The standard InChI is InChI=1S/C16H14F2N6O2/c1-9-19-15(26-21-9)14-8-24(22-20-14)11-4-5-23(7-11)16(25)12-6-10(17)2-3-13(12)18/h2-3,6,8,11H,4-5,7H2,1H3/t11-/m0/s1. The van der Waals surface area contributed by atoms with E-state index in [0.29, 0.717) is 31.0 Å². The Morgan fingerprint density at radius 2 is 2.19 bits per heavy atom. The zero-order valence-corrected chi connectivity index (χ0v) is 13.8. The summed E-state index contributed by atoms with van der Waals surface area (Å²) in [5, 5.41) is 11.8. The number of halogens is 2. The normalized spacial score (nSPS) is 17.0. The lowest BCUT2D eigenvalue weighted by molar-refractivity contribution is 0.0781. The highest BCUT2D eigenvalue weighted by Crippen LogP contribution is 2.25. The highest BCUT2D eigenvalue weighted by atomic mass is 19.1. The zero-order valence-electron chi connectivity index (χ0n) is 13.8. The molecule has 4 rings (SSSR count). The number of benzene rings is 1. The van der Waals surface area contributed by atoms with Gasteiger partial charge in [0.05, 0.1) is 17.8 Å². The Balaban J connectivity index is 1.49. The highest BCUT2D eigenvalue weighted by Gasteiger charge is 2.30. The lowest BCUT2D eigenvalue weighted by Gasteiger charge is -2.17. The average molecular weight is 360 g/mol. The Morgan fingerprint density at radius 3 is 2.96 bits per heavy atom. The predicted molar refractivity (Wildman–Crippen MR) is 84.0 cm³/mol. The van der Waals surface area contributed by atoms with Crippen molar-refractivity contribution in [3.8, 4) is 11.6 Å². The fraction of sp³-hybridized carbons (Fsp3) is 0.312. The number of rotatable bonds is 3. The second-order valence-electron chi connectivity index (χ2n) is 6.05. The van der Waals surface area contributed by atoms with E-state index >= 15 is 0 Å². The second-order valence-corrected chi connectivity index (χ2v) is 6.05. The van der Waals surface area contributed by atoms with E-state index in [1.165, 1.54) is 4.90 Å². The zero-order chi connectivity index (χ0) is 18.3. The number of aromatic nitrogens is 5. The number of hydrogen-bond donors (Lipinski definition) is 0. The van der Waals surface area contributed by atoms with E-state index in [1.54, 1.807) is 17.8 Å². The molecule has 3 heterocycles. The third-order valence-corrected chi connectivity index (χ3v) is 4.24. The van der Waals surface area contributed by atoms with E-state index in [2.05, 4.69) is 20.5 Å². The largest absolute Gasteiger partial charge is 0.336 e. The van der Waals surface area contributed by atoms with Gasteiger partial charge in [0.1, 0.15) is 11.6 Å². The van der Waals surface area contributed by atoms with Gasteiger partial charge in [-0.15, -0.1) is 5.10 Å². The van der Waals surface area contributed by atoms with E-state index in [4.69, 9.17) is 4.52 Å². The number of nitrogens with zero attached hydrogens (tertiary/aromatic N) is 6. The molecule has 8 nitrogen and oxygen atoms in total. The van der Waals surface area contributed by atoms with Gasteiger partial charge in [0, 0.05) is 13.1 Å². The van der Waals surface area contributed by atoms with Gasteiger partial charge in [0.2, 0.25) is 0 Å². The fourth-order valence-corrected chi connectivity index (χ4v) is 2.93. The van der Waals surface area contributed by atoms with E-state index in [-0.39, 0.29) is 17.5 Å². The number of hydrogen-bond acceptors (Lipinski definition) is 6. The lowest BCUT2D eigenvalue weighted by Crippen LogP contribution is -2.30. The molecular formula is C16H14F2N6O2. The molecule has 1 aromatic carbocycles. The van der Waals surface area contributed by atoms with Crippen LogP contribution in [0.2, 0.25) is 0 Å². The Morgan fingerprint density at radius 1 is 1.35 bits per heavy atom. The molecule has 1 amide bonds. The predicted octanol–water partition coefficient (Wildman–Crippen LogP) is 2.00. The van der Waals surface area contributed by atoms with Crippen molar-refractivity contribution in [2.24, 2.45) is 0 Å². The molecule has 3 aromatic rings. The fourth-order valence-electron chi connectivity index (χ4n) is 2.93. The van der Waals surface area contributed by atoms with Crippen molar-refractivity contribution >= 4 is 5.91 Å². The minimum atomic E-state index is -0.741. The monoisotopic (exact) mass is 360 g/mol. The van der Waals surface area contributed by atoms with E-state index in [9.17, 15) is 13.6 Å². The SMILES string of the molecule is Cc1noc(-c2cn([C@H]3CCN(C(=O)c4cc(F)ccc4F)C3)nn2)n1. The van der Waals surface area contributed by atoms with E-state index < -0.39 is 17.5 Å². The maximum atomic E-state index is 13.8. The number of amides is 1. The number of carbonyl (C=O) groups excluding carboxylic acids is 1. The number of carbonyl (C=O) groups is 1. The van der Waals surface area contributed by atoms with Gasteiger partial charge in [-0.25, -0.2) is 13.5 Å². The van der Waals surface area contributed by atoms with Crippen LogP contribution in [0, 0.1) is 18.6 Å². The molecule has 0 bridgehead atoms. The first kappa shape index (κ1) is 16.3. The van der Waals surface area contributed by atoms with Crippen molar-refractivity contribution < 1.29 is 18.1 Å². The van der Waals surface area contributed by atoms with Crippen LogP contribution in [-0.2, 0) is 0 Å². The van der Waals surface area contributed by atoms with Crippen molar-refractivity contribution in [3.05, 3.63) is 47.4 Å². The van der Waals surface area contributed by atoms with Crippen molar-refractivity contribution in [2.45, 2.75) is 19.4 Å². The van der Waals surface area contributed by atoms with Crippen LogP contribution in [-0.4, -0.2) is 49.0 Å². The van der Waals surface area contributed by atoms with Crippen LogP contribution in [0.15, 0.2) is 28.9 Å². The Labute approximate surface area is 146 Å². The van der Waals surface area contributed by atoms with E-state index in [0.717, 1.165) is 18.2 Å². The summed E-state index contributed by atoms with van der Waals surface area (Å²) in [4.78, 5) is 18.0. The molecule has 1 aliphatic heterocycles. The van der Waals surface area contributed by atoms with Crippen LogP contribution >= 0.6 is 0 Å². The molecule has 0 spiro atoms. The van der Waals surface area contributed by atoms with E-state index in [1.807, 2.05) is 0 Å². The molecule has 26 heavy (non-hydrogen) atoms. The van der Waals surface area contributed by atoms with Gasteiger partial charge >= 0.3 is 0 Å². The van der Waals surface area contributed by atoms with Gasteiger partial charge in [-0.3, -0.25) is 4.79 Å². The molecular weight excluding hydrogens is 346 g/mol. The van der Waals surface area contributed by atoms with Crippen LogP contribution < -0.4 is 0 Å². The molecule has 0 N–H and O–H groups in total. The molecule has 2 aromatic heterocycles. The van der Waals surface area contributed by atoms with Crippen LogP contribution in [0.3, 0.4) is 0 Å². The maximum Gasteiger partial charge on any atom is 0.280 e. The lowest BCUT2D eigenvalue weighted by atomic mass is 10.2. The Bertz CT molecular complexity index is 969. The Hall–Kier alpha value is -3.17. The van der Waals surface area contributed by atoms with Crippen molar-refractivity contribution in [1.82, 2.24) is 30.0 Å². The van der Waals surface area contributed by atoms with Crippen LogP contribution in [0.1, 0.15) is 28.6 Å². The molecule has 0 unspecified atom stereocenters. The summed E-state index contributed by atoms with van der Waals surface area (Å²) in [6.45, 7) is 2.43. The summed E-state index contributed by atoms with van der Waals surface area (Å²) < 4.78 is 33.8. The Kier molecular flexibility index (Phi) is 3.94. The first-order valence-electron chi connectivity index (χ1n) is 7.98. The van der Waals surface area contributed by atoms with Gasteiger partial charge < -0.3 is 9.42 Å². The first-order chi connectivity index (χ1) is 12.5. The van der Waals surface area contributed by atoms with Gasteiger partial charge in [0.25, 0.3) is 11.8 Å². The quantitative estimate of drug-likeness (QED) is 0.710. The summed E-state index contributed by atoms with van der Waals surface area (Å²) in [6.07, 6.45) is 2.28. The third kappa shape index (κ3) is 2.93. The van der Waals surface area contributed by atoms with Gasteiger partial charge in [0.15, 0.2) is 11.5 Å². The van der Waals surface area contributed by atoms with Gasteiger partial charge in [-0.2, -0.15) is 4.98 Å². The molecule has 1 saturated heterocycles. The molecule has 0 saturated carbocycles. The second kappa shape index (κ2) is 6.28. The van der Waals surface area contributed by atoms with Gasteiger partial charge in [-0.1, -0.05) is 10.4 Å². The molecule has 10 heteroatoms. The molecule has 1 fully saturated rings. The molecule has 0 aliphatic carbocycles. The van der Waals surface area contributed by atoms with Gasteiger partial charge in [-0.05, 0) is 31.5 Å². The summed E-state index contributed by atoms with van der Waals surface area (Å²) in [5.41, 5.74) is 0.165. The minimum Gasteiger partial charge on any atom is -0.336 e. The van der Waals surface area contributed by atoms with Crippen LogP contribution in [0.4, 0.5) is 8.78 Å². The summed E-state index contributed by atoms with van der Waals surface area (Å²) in [6, 6.07) is 2.72. The highest BCUT2D eigenvalue weighted by molar-refractivity contribution is 5.94.